The number of para-hydroxylation sites is 1. The van der Waals surface area contributed by atoms with Crippen LogP contribution in [0.2, 0.25) is 0 Å². The Hall–Kier alpha value is -2.40. The molecule has 110 valence electrons. The van der Waals surface area contributed by atoms with Crippen LogP contribution in [0.3, 0.4) is 0 Å². The number of benzene rings is 1. The minimum absolute atomic E-state index is 0.179. The fraction of sp³-hybridized carbons (Fsp3) is 0.250. The highest BCUT2D eigenvalue weighted by molar-refractivity contribution is 5.90. The largest absolute Gasteiger partial charge is 0.491 e. The summed E-state index contributed by atoms with van der Waals surface area (Å²) in [7, 11) is 0. The van der Waals surface area contributed by atoms with Crippen molar-refractivity contribution in [2.75, 3.05) is 13.2 Å². The van der Waals surface area contributed by atoms with Crippen molar-refractivity contribution in [1.82, 2.24) is 10.3 Å². The van der Waals surface area contributed by atoms with Crippen LogP contribution in [0.4, 0.5) is 0 Å². The van der Waals surface area contributed by atoms with Crippen LogP contribution in [0.5, 0.6) is 5.75 Å². The highest BCUT2D eigenvalue weighted by Crippen LogP contribution is 2.17. The van der Waals surface area contributed by atoms with Gasteiger partial charge in [-0.05, 0) is 31.2 Å². The molecule has 2 rings (SSSR count). The number of pyridine rings is 1. The number of carboxylic acid groups (broad SMARTS) is 1. The maximum absolute atomic E-state index is 11.0. The van der Waals surface area contributed by atoms with Crippen LogP contribution in [0.15, 0.2) is 42.5 Å². The van der Waals surface area contributed by atoms with E-state index in [1.807, 2.05) is 25.1 Å². The predicted octanol–water partition coefficient (Wildman–Crippen LogP) is 2.26. The Morgan fingerprint density at radius 1 is 1.24 bits per heavy atom. The molecule has 2 N–H and O–H groups in total. The number of aromatic nitrogens is 1. The molecule has 0 aliphatic heterocycles. The number of rotatable bonds is 7. The van der Waals surface area contributed by atoms with Crippen molar-refractivity contribution < 1.29 is 14.6 Å². The normalized spacial score (nSPS) is 10.3. The first-order valence-corrected chi connectivity index (χ1v) is 6.75. The number of ether oxygens (including phenoxy) is 1. The lowest BCUT2D eigenvalue weighted by atomic mass is 10.2. The number of hydrogen-bond donors (Lipinski definition) is 2. The Morgan fingerprint density at radius 2 is 2.05 bits per heavy atom. The SMILES string of the molecule is Cc1cccc(CNCCOc2ccccc2C(=O)O)n1. The zero-order chi connectivity index (χ0) is 15.1. The van der Waals surface area contributed by atoms with Crippen molar-refractivity contribution in [2.45, 2.75) is 13.5 Å². The lowest BCUT2D eigenvalue weighted by Crippen LogP contribution is -2.21. The standard InChI is InChI=1S/C16H18N2O3/c1-12-5-4-6-13(18-12)11-17-9-10-21-15-8-3-2-7-14(15)16(19)20/h2-8,17H,9-11H2,1H3,(H,19,20). The summed E-state index contributed by atoms with van der Waals surface area (Å²) in [6.07, 6.45) is 0. The van der Waals surface area contributed by atoms with Gasteiger partial charge in [0.2, 0.25) is 0 Å². The van der Waals surface area contributed by atoms with Gasteiger partial charge in [-0.1, -0.05) is 18.2 Å². The maximum atomic E-state index is 11.0. The van der Waals surface area contributed by atoms with Gasteiger partial charge in [-0.2, -0.15) is 0 Å². The van der Waals surface area contributed by atoms with E-state index in [4.69, 9.17) is 9.84 Å². The molecule has 0 bridgehead atoms. The van der Waals surface area contributed by atoms with Crippen LogP contribution in [0.25, 0.3) is 0 Å². The van der Waals surface area contributed by atoms with E-state index in [0.29, 0.717) is 25.4 Å². The highest BCUT2D eigenvalue weighted by atomic mass is 16.5. The molecule has 2 aromatic rings. The summed E-state index contributed by atoms with van der Waals surface area (Å²) < 4.78 is 5.50. The van der Waals surface area contributed by atoms with E-state index < -0.39 is 5.97 Å². The first-order chi connectivity index (χ1) is 10.2. The second-order valence-electron chi connectivity index (χ2n) is 4.60. The van der Waals surface area contributed by atoms with E-state index in [-0.39, 0.29) is 5.56 Å². The molecule has 21 heavy (non-hydrogen) atoms. The quantitative estimate of drug-likeness (QED) is 0.764. The Kier molecular flexibility index (Phi) is 5.29. The van der Waals surface area contributed by atoms with E-state index in [1.165, 1.54) is 6.07 Å². The van der Waals surface area contributed by atoms with Crippen molar-refractivity contribution in [3.05, 3.63) is 59.4 Å². The van der Waals surface area contributed by atoms with Crippen LogP contribution in [-0.2, 0) is 6.54 Å². The summed E-state index contributed by atoms with van der Waals surface area (Å²) in [6, 6.07) is 12.5. The lowest BCUT2D eigenvalue weighted by molar-refractivity contribution is 0.0692. The molecule has 5 nitrogen and oxygen atoms in total. The lowest BCUT2D eigenvalue weighted by Gasteiger charge is -2.09. The van der Waals surface area contributed by atoms with Gasteiger partial charge in [0.1, 0.15) is 17.9 Å². The average Bonchev–Trinajstić information content (AvgIpc) is 2.47. The van der Waals surface area contributed by atoms with Gasteiger partial charge in [-0.25, -0.2) is 4.79 Å². The number of carboxylic acids is 1. The molecule has 0 saturated heterocycles. The van der Waals surface area contributed by atoms with E-state index >= 15 is 0 Å². The van der Waals surface area contributed by atoms with Gasteiger partial charge in [0.05, 0.1) is 5.69 Å². The van der Waals surface area contributed by atoms with Crippen molar-refractivity contribution in [3.63, 3.8) is 0 Å². The van der Waals surface area contributed by atoms with Crippen molar-refractivity contribution in [1.29, 1.82) is 0 Å². The first-order valence-electron chi connectivity index (χ1n) is 6.75. The molecule has 0 atom stereocenters. The zero-order valence-corrected chi connectivity index (χ0v) is 11.9. The van der Waals surface area contributed by atoms with Crippen LogP contribution in [0.1, 0.15) is 21.7 Å². The number of nitrogens with one attached hydrogen (secondary N) is 1. The van der Waals surface area contributed by atoms with E-state index in [1.54, 1.807) is 18.2 Å². The van der Waals surface area contributed by atoms with E-state index in [9.17, 15) is 4.79 Å². The number of nitrogens with zero attached hydrogens (tertiary/aromatic N) is 1. The Morgan fingerprint density at radius 3 is 2.81 bits per heavy atom. The van der Waals surface area contributed by atoms with Crippen molar-refractivity contribution >= 4 is 5.97 Å². The van der Waals surface area contributed by atoms with Gasteiger partial charge >= 0.3 is 5.97 Å². The fourth-order valence-electron chi connectivity index (χ4n) is 1.92. The number of aryl methyl sites for hydroxylation is 1. The van der Waals surface area contributed by atoms with E-state index in [2.05, 4.69) is 10.3 Å². The number of aromatic carboxylic acids is 1. The molecule has 0 fully saturated rings. The first kappa shape index (κ1) is 15.0. The summed E-state index contributed by atoms with van der Waals surface area (Å²) in [5, 5.41) is 12.3. The fourth-order valence-corrected chi connectivity index (χ4v) is 1.92. The molecule has 1 aromatic carbocycles. The Bertz CT molecular complexity index is 614. The molecule has 1 aromatic heterocycles. The third kappa shape index (κ3) is 4.57. The number of hydrogen-bond acceptors (Lipinski definition) is 4. The summed E-state index contributed by atoms with van der Waals surface area (Å²) in [6.45, 7) is 3.63. The molecular formula is C16H18N2O3. The van der Waals surface area contributed by atoms with Crippen LogP contribution >= 0.6 is 0 Å². The second-order valence-corrected chi connectivity index (χ2v) is 4.60. The van der Waals surface area contributed by atoms with E-state index in [0.717, 1.165) is 11.4 Å². The maximum Gasteiger partial charge on any atom is 0.339 e. The third-order valence-corrected chi connectivity index (χ3v) is 2.91. The number of carbonyl (C=O) groups is 1. The molecule has 1 heterocycles. The van der Waals surface area contributed by atoms with Crippen LogP contribution < -0.4 is 10.1 Å². The average molecular weight is 286 g/mol. The molecule has 0 amide bonds. The Labute approximate surface area is 123 Å². The van der Waals surface area contributed by atoms with Gasteiger partial charge in [0.15, 0.2) is 0 Å². The topological polar surface area (TPSA) is 71.5 Å². The third-order valence-electron chi connectivity index (χ3n) is 2.91. The summed E-state index contributed by atoms with van der Waals surface area (Å²) in [5.74, 6) is -0.594. The minimum atomic E-state index is -0.984. The van der Waals surface area contributed by atoms with Gasteiger partial charge in [0, 0.05) is 18.8 Å². The highest BCUT2D eigenvalue weighted by Gasteiger charge is 2.09. The molecule has 0 spiro atoms. The molecule has 0 radical (unpaired) electrons. The summed E-state index contributed by atoms with van der Waals surface area (Å²) >= 11 is 0. The van der Waals surface area contributed by atoms with Crippen LogP contribution in [0, 0.1) is 6.92 Å². The molecule has 0 aliphatic carbocycles. The van der Waals surface area contributed by atoms with Gasteiger partial charge in [-0.15, -0.1) is 0 Å². The van der Waals surface area contributed by atoms with Gasteiger partial charge < -0.3 is 15.2 Å². The van der Waals surface area contributed by atoms with Gasteiger partial charge in [0.25, 0.3) is 0 Å². The molecular weight excluding hydrogens is 268 g/mol. The summed E-state index contributed by atoms with van der Waals surface area (Å²) in [5.41, 5.74) is 2.14. The molecule has 0 unspecified atom stereocenters. The molecule has 5 heteroatoms. The smallest absolute Gasteiger partial charge is 0.339 e. The molecule has 0 saturated carbocycles. The Balaban J connectivity index is 1.76. The molecule has 0 aliphatic rings. The second kappa shape index (κ2) is 7.40. The van der Waals surface area contributed by atoms with Crippen LogP contribution in [-0.4, -0.2) is 29.2 Å². The predicted molar refractivity (Wildman–Crippen MR) is 79.6 cm³/mol. The zero-order valence-electron chi connectivity index (χ0n) is 11.9. The van der Waals surface area contributed by atoms with Crippen molar-refractivity contribution in [3.8, 4) is 5.75 Å². The monoisotopic (exact) mass is 286 g/mol. The van der Waals surface area contributed by atoms with Gasteiger partial charge in [-0.3, -0.25) is 4.98 Å². The summed E-state index contributed by atoms with van der Waals surface area (Å²) in [4.78, 5) is 15.4. The van der Waals surface area contributed by atoms with Crippen molar-refractivity contribution in [2.24, 2.45) is 0 Å². The minimum Gasteiger partial charge on any atom is -0.491 e.